The van der Waals surface area contributed by atoms with Gasteiger partial charge in [0.15, 0.2) is 0 Å². The van der Waals surface area contributed by atoms with Crippen LogP contribution < -0.4 is 10.5 Å². The van der Waals surface area contributed by atoms with Crippen molar-refractivity contribution in [1.29, 1.82) is 0 Å². The molecule has 1 rings (SSSR count). The average Bonchev–Trinajstić information content (AvgIpc) is 2.37. The van der Waals surface area contributed by atoms with Gasteiger partial charge < -0.3 is 5.73 Å². The Balaban J connectivity index is 0.00000324. The van der Waals surface area contributed by atoms with Crippen LogP contribution in [0.2, 0.25) is 0 Å². The first-order valence-electron chi connectivity index (χ1n) is 5.99. The number of halogens is 1. The molecule has 5 nitrogen and oxygen atoms in total. The van der Waals surface area contributed by atoms with Crippen molar-refractivity contribution in [1.82, 2.24) is 9.03 Å². The van der Waals surface area contributed by atoms with E-state index in [0.717, 1.165) is 12.0 Å². The first-order chi connectivity index (χ1) is 8.47. The van der Waals surface area contributed by atoms with Crippen molar-refractivity contribution >= 4 is 22.6 Å². The Bertz CT molecular complexity index is 453. The van der Waals surface area contributed by atoms with Crippen LogP contribution in [-0.2, 0) is 10.2 Å². The van der Waals surface area contributed by atoms with E-state index >= 15 is 0 Å². The zero-order valence-corrected chi connectivity index (χ0v) is 12.9. The van der Waals surface area contributed by atoms with Crippen molar-refractivity contribution in [3.63, 3.8) is 0 Å². The van der Waals surface area contributed by atoms with E-state index in [1.807, 2.05) is 37.3 Å². The van der Waals surface area contributed by atoms with E-state index in [1.165, 1.54) is 4.31 Å². The smallest absolute Gasteiger partial charge is 0.279 e. The maximum absolute atomic E-state index is 11.8. The van der Waals surface area contributed by atoms with Gasteiger partial charge in [-0.25, -0.2) is 4.72 Å². The van der Waals surface area contributed by atoms with Gasteiger partial charge in [0.05, 0.1) is 0 Å². The average molecular weight is 308 g/mol. The van der Waals surface area contributed by atoms with E-state index in [2.05, 4.69) is 4.72 Å². The van der Waals surface area contributed by atoms with Crippen molar-refractivity contribution in [3.8, 4) is 0 Å². The van der Waals surface area contributed by atoms with E-state index in [-0.39, 0.29) is 25.0 Å². The van der Waals surface area contributed by atoms with Crippen molar-refractivity contribution in [2.75, 3.05) is 20.1 Å². The monoisotopic (exact) mass is 307 g/mol. The minimum atomic E-state index is -3.42. The molecule has 0 radical (unpaired) electrons. The van der Waals surface area contributed by atoms with Gasteiger partial charge in [-0.05, 0) is 12.0 Å². The van der Waals surface area contributed by atoms with Gasteiger partial charge in [0.25, 0.3) is 10.2 Å². The number of rotatable bonds is 7. The molecule has 0 aliphatic carbocycles. The Labute approximate surface area is 121 Å². The second-order valence-electron chi connectivity index (χ2n) is 4.19. The molecule has 0 aliphatic rings. The van der Waals surface area contributed by atoms with Crippen LogP contribution in [0.25, 0.3) is 0 Å². The predicted octanol–water partition coefficient (Wildman–Crippen LogP) is 1.28. The van der Waals surface area contributed by atoms with Crippen LogP contribution in [0, 0.1) is 0 Å². The molecule has 1 aromatic rings. The Morgan fingerprint density at radius 2 is 1.89 bits per heavy atom. The maximum atomic E-state index is 11.8. The summed E-state index contributed by atoms with van der Waals surface area (Å²) in [5.74, 6) is 0. The standard InChI is InChI=1S/C12H21N3O2S.ClH/c1-3-9-15(2)18(16,17)14-10-12(13)11-7-5-4-6-8-11;/h4-8,12,14H,3,9-10,13H2,1-2H3;1H. The molecular formula is C12H22ClN3O2S. The molecule has 0 bridgehead atoms. The maximum Gasteiger partial charge on any atom is 0.279 e. The fraction of sp³-hybridized carbons (Fsp3) is 0.500. The third-order valence-electron chi connectivity index (χ3n) is 2.66. The molecular weight excluding hydrogens is 286 g/mol. The highest BCUT2D eigenvalue weighted by molar-refractivity contribution is 7.87. The van der Waals surface area contributed by atoms with E-state index in [0.29, 0.717) is 6.54 Å². The lowest BCUT2D eigenvalue weighted by Crippen LogP contribution is -2.41. The van der Waals surface area contributed by atoms with Crippen molar-refractivity contribution < 1.29 is 8.42 Å². The molecule has 0 aliphatic heterocycles. The second kappa shape index (κ2) is 8.50. The lowest BCUT2D eigenvalue weighted by atomic mass is 10.1. The Hall–Kier alpha value is -0.660. The van der Waals surface area contributed by atoms with Gasteiger partial charge in [0.2, 0.25) is 0 Å². The van der Waals surface area contributed by atoms with Crippen molar-refractivity contribution in [2.45, 2.75) is 19.4 Å². The van der Waals surface area contributed by atoms with Crippen LogP contribution in [-0.4, -0.2) is 32.9 Å². The minimum absolute atomic E-state index is 0. The summed E-state index contributed by atoms with van der Waals surface area (Å²) in [4.78, 5) is 0. The van der Waals surface area contributed by atoms with E-state index in [9.17, 15) is 8.42 Å². The van der Waals surface area contributed by atoms with Crippen LogP contribution in [0.1, 0.15) is 24.9 Å². The van der Waals surface area contributed by atoms with Gasteiger partial charge in [0, 0.05) is 26.2 Å². The zero-order valence-electron chi connectivity index (χ0n) is 11.2. The number of hydrogen-bond acceptors (Lipinski definition) is 3. The molecule has 1 unspecified atom stereocenters. The quantitative estimate of drug-likeness (QED) is 0.797. The SMILES string of the molecule is CCCN(C)S(=O)(=O)NCC(N)c1ccccc1.Cl. The summed E-state index contributed by atoms with van der Waals surface area (Å²) in [7, 11) is -1.87. The summed E-state index contributed by atoms with van der Waals surface area (Å²) in [6.45, 7) is 2.62. The molecule has 0 spiro atoms. The number of benzene rings is 1. The first kappa shape index (κ1) is 18.3. The van der Waals surface area contributed by atoms with Gasteiger partial charge in [-0.3, -0.25) is 0 Å². The van der Waals surface area contributed by atoms with Crippen molar-refractivity contribution in [2.24, 2.45) is 5.73 Å². The zero-order chi connectivity index (χ0) is 13.6. The molecule has 0 fully saturated rings. The lowest BCUT2D eigenvalue weighted by molar-refractivity contribution is 0.454. The number of nitrogens with two attached hydrogens (primary N) is 1. The van der Waals surface area contributed by atoms with Crippen LogP contribution in [0.4, 0.5) is 0 Å². The highest BCUT2D eigenvalue weighted by atomic mass is 35.5. The molecule has 19 heavy (non-hydrogen) atoms. The van der Waals surface area contributed by atoms with Crippen LogP contribution in [0.15, 0.2) is 30.3 Å². The number of nitrogens with one attached hydrogen (secondary N) is 1. The molecule has 110 valence electrons. The fourth-order valence-corrected chi connectivity index (χ4v) is 2.59. The van der Waals surface area contributed by atoms with Crippen LogP contribution in [0.3, 0.4) is 0 Å². The van der Waals surface area contributed by atoms with Crippen LogP contribution >= 0.6 is 12.4 Å². The van der Waals surface area contributed by atoms with E-state index < -0.39 is 10.2 Å². The third-order valence-corrected chi connectivity index (χ3v) is 4.20. The molecule has 0 aromatic heterocycles. The fourth-order valence-electron chi connectivity index (χ4n) is 1.56. The summed E-state index contributed by atoms with van der Waals surface area (Å²) in [5.41, 5.74) is 6.85. The third kappa shape index (κ3) is 5.88. The Morgan fingerprint density at radius 3 is 2.42 bits per heavy atom. The van der Waals surface area contributed by atoms with E-state index in [1.54, 1.807) is 7.05 Å². The summed E-state index contributed by atoms with van der Waals surface area (Å²) in [6, 6.07) is 9.09. The lowest BCUT2D eigenvalue weighted by Gasteiger charge is -2.19. The summed E-state index contributed by atoms with van der Waals surface area (Å²) < 4.78 is 27.4. The molecule has 0 saturated carbocycles. The minimum Gasteiger partial charge on any atom is -0.323 e. The number of nitrogens with zero attached hydrogens (tertiary/aromatic N) is 1. The molecule has 1 atom stereocenters. The summed E-state index contributed by atoms with van der Waals surface area (Å²) >= 11 is 0. The molecule has 7 heteroatoms. The largest absolute Gasteiger partial charge is 0.323 e. The summed E-state index contributed by atoms with van der Waals surface area (Å²) in [6.07, 6.45) is 0.780. The summed E-state index contributed by atoms with van der Waals surface area (Å²) in [5, 5.41) is 0. The topological polar surface area (TPSA) is 75.4 Å². The molecule has 0 amide bonds. The molecule has 0 heterocycles. The highest BCUT2D eigenvalue weighted by Gasteiger charge is 2.17. The van der Waals surface area contributed by atoms with Gasteiger partial charge in [0.1, 0.15) is 0 Å². The van der Waals surface area contributed by atoms with Gasteiger partial charge in [-0.1, -0.05) is 37.3 Å². The normalized spacial score (nSPS) is 13.1. The van der Waals surface area contributed by atoms with E-state index in [4.69, 9.17) is 5.73 Å². The van der Waals surface area contributed by atoms with Gasteiger partial charge >= 0.3 is 0 Å². The first-order valence-corrected chi connectivity index (χ1v) is 7.43. The Kier molecular flexibility index (Phi) is 8.20. The van der Waals surface area contributed by atoms with Crippen LogP contribution in [0.5, 0.6) is 0 Å². The molecule has 0 saturated heterocycles. The highest BCUT2D eigenvalue weighted by Crippen LogP contribution is 2.08. The Morgan fingerprint density at radius 1 is 1.32 bits per heavy atom. The second-order valence-corrected chi connectivity index (χ2v) is 6.05. The van der Waals surface area contributed by atoms with Gasteiger partial charge in [-0.15, -0.1) is 12.4 Å². The number of hydrogen-bond donors (Lipinski definition) is 2. The molecule has 3 N–H and O–H groups in total. The predicted molar refractivity (Wildman–Crippen MR) is 80.5 cm³/mol. The molecule has 1 aromatic carbocycles. The van der Waals surface area contributed by atoms with Crippen molar-refractivity contribution in [3.05, 3.63) is 35.9 Å². The van der Waals surface area contributed by atoms with Gasteiger partial charge in [-0.2, -0.15) is 12.7 Å².